The number of nitrogens with zero attached hydrogens (tertiary/aromatic N) is 6. The topological polar surface area (TPSA) is 92.6 Å². The molecular formula is C19H17N7O. The lowest BCUT2D eigenvalue weighted by Crippen LogP contribution is -1.97. The third kappa shape index (κ3) is 2.53. The Bertz CT molecular complexity index is 1190. The van der Waals surface area contributed by atoms with E-state index in [2.05, 4.69) is 26.6 Å². The third-order valence-electron chi connectivity index (χ3n) is 4.84. The molecule has 0 spiro atoms. The average molecular weight is 359 g/mol. The van der Waals surface area contributed by atoms with E-state index in [1.54, 1.807) is 17.1 Å². The van der Waals surface area contributed by atoms with E-state index < -0.39 is 0 Å². The number of oxime groups is 1. The molecule has 0 saturated carbocycles. The molecule has 0 bridgehead atoms. The van der Waals surface area contributed by atoms with Crippen LogP contribution in [0.1, 0.15) is 17.5 Å². The van der Waals surface area contributed by atoms with Crippen molar-refractivity contribution in [2.45, 2.75) is 12.8 Å². The second kappa shape index (κ2) is 5.94. The largest absolute Gasteiger partial charge is 0.411 e. The molecule has 134 valence electrons. The molecule has 0 amide bonds. The van der Waals surface area contributed by atoms with E-state index in [1.165, 1.54) is 5.56 Å². The number of nitrogens with one attached hydrogen (secondary N) is 1. The molecular weight excluding hydrogens is 342 g/mol. The molecule has 0 aliphatic heterocycles. The zero-order valence-electron chi connectivity index (χ0n) is 14.7. The Kier molecular flexibility index (Phi) is 3.43. The van der Waals surface area contributed by atoms with Crippen molar-refractivity contribution < 1.29 is 5.21 Å². The van der Waals surface area contributed by atoms with Crippen molar-refractivity contribution in [1.82, 2.24) is 24.1 Å². The van der Waals surface area contributed by atoms with Gasteiger partial charge in [-0.15, -0.1) is 0 Å². The van der Waals surface area contributed by atoms with Crippen molar-refractivity contribution in [1.29, 1.82) is 0 Å². The van der Waals surface area contributed by atoms with Gasteiger partial charge in [-0.25, -0.2) is 4.98 Å². The molecule has 0 fully saturated rings. The quantitative estimate of drug-likeness (QED) is 0.433. The van der Waals surface area contributed by atoms with Crippen LogP contribution < -0.4 is 5.32 Å². The highest BCUT2D eigenvalue weighted by Gasteiger charge is 2.20. The Balaban J connectivity index is 1.60. The standard InChI is InChI=1S/C19H17N7O/c1-25-11-13(9-21-25)18-19(23-17-10-20-6-7-26(17)18)22-14-3-4-15-12(8-14)2-5-16(15)24-27/h3-4,6-11,22,27H,2,5H2,1H3/b24-16+. The summed E-state index contributed by atoms with van der Waals surface area (Å²) < 4.78 is 3.76. The van der Waals surface area contributed by atoms with Gasteiger partial charge in [-0.2, -0.15) is 5.10 Å². The van der Waals surface area contributed by atoms with Crippen molar-refractivity contribution in [2.24, 2.45) is 12.2 Å². The first kappa shape index (κ1) is 15.6. The van der Waals surface area contributed by atoms with Crippen LogP contribution in [0.4, 0.5) is 11.5 Å². The molecule has 0 unspecified atom stereocenters. The number of aromatic nitrogens is 5. The first-order valence-corrected chi connectivity index (χ1v) is 8.65. The van der Waals surface area contributed by atoms with Gasteiger partial charge in [-0.1, -0.05) is 11.2 Å². The van der Waals surface area contributed by atoms with Crippen LogP contribution in [0.3, 0.4) is 0 Å². The molecule has 0 atom stereocenters. The van der Waals surface area contributed by atoms with Crippen molar-refractivity contribution >= 4 is 22.9 Å². The summed E-state index contributed by atoms with van der Waals surface area (Å²) in [7, 11) is 1.89. The molecule has 0 saturated heterocycles. The van der Waals surface area contributed by atoms with Crippen molar-refractivity contribution in [3.63, 3.8) is 0 Å². The fourth-order valence-corrected chi connectivity index (χ4v) is 3.60. The van der Waals surface area contributed by atoms with Crippen LogP contribution in [0.25, 0.3) is 16.9 Å². The molecule has 5 rings (SSSR count). The normalized spacial score (nSPS) is 14.8. The SMILES string of the molecule is Cn1cc(-c2c(Nc3ccc4c(c3)CC/C4=N\O)nc3cnccn23)cn1. The van der Waals surface area contributed by atoms with Crippen LogP contribution in [0, 0.1) is 0 Å². The first-order valence-electron chi connectivity index (χ1n) is 8.65. The molecule has 27 heavy (non-hydrogen) atoms. The molecule has 1 aliphatic carbocycles. The van der Waals surface area contributed by atoms with Crippen molar-refractivity contribution in [3.05, 3.63) is 60.3 Å². The van der Waals surface area contributed by atoms with Gasteiger partial charge in [0.05, 0.1) is 18.1 Å². The van der Waals surface area contributed by atoms with Crippen LogP contribution >= 0.6 is 0 Å². The van der Waals surface area contributed by atoms with Crippen LogP contribution in [0.2, 0.25) is 0 Å². The van der Waals surface area contributed by atoms with Crippen LogP contribution in [0.15, 0.2) is 54.3 Å². The lowest BCUT2D eigenvalue weighted by atomic mass is 10.1. The van der Waals surface area contributed by atoms with Crippen LogP contribution in [-0.2, 0) is 13.5 Å². The summed E-state index contributed by atoms with van der Waals surface area (Å²) in [6.07, 6.45) is 10.8. The summed E-state index contributed by atoms with van der Waals surface area (Å²) in [6.45, 7) is 0. The average Bonchev–Trinajstić information content (AvgIpc) is 3.37. The Morgan fingerprint density at radius 2 is 2.15 bits per heavy atom. The van der Waals surface area contributed by atoms with Gasteiger partial charge in [0.15, 0.2) is 11.5 Å². The summed E-state index contributed by atoms with van der Waals surface area (Å²) >= 11 is 0. The van der Waals surface area contributed by atoms with E-state index in [1.807, 2.05) is 42.2 Å². The minimum atomic E-state index is 0.741. The molecule has 2 N–H and O–H groups in total. The van der Waals surface area contributed by atoms with Gasteiger partial charge in [-0.05, 0) is 30.5 Å². The molecule has 4 aromatic rings. The zero-order chi connectivity index (χ0) is 18.4. The van der Waals surface area contributed by atoms with E-state index >= 15 is 0 Å². The van der Waals surface area contributed by atoms with E-state index in [4.69, 9.17) is 10.2 Å². The summed E-state index contributed by atoms with van der Waals surface area (Å²) in [5.41, 5.74) is 6.51. The Labute approximate surface area is 154 Å². The Morgan fingerprint density at radius 3 is 2.96 bits per heavy atom. The van der Waals surface area contributed by atoms with Gasteiger partial charge < -0.3 is 10.5 Å². The zero-order valence-corrected chi connectivity index (χ0v) is 14.7. The van der Waals surface area contributed by atoms with Crippen molar-refractivity contribution in [2.75, 3.05) is 5.32 Å². The predicted octanol–water partition coefficient (Wildman–Crippen LogP) is 3.00. The van der Waals surface area contributed by atoms with Crippen molar-refractivity contribution in [3.8, 4) is 11.3 Å². The van der Waals surface area contributed by atoms with E-state index in [0.717, 1.165) is 52.5 Å². The smallest absolute Gasteiger partial charge is 0.158 e. The van der Waals surface area contributed by atoms with Gasteiger partial charge in [0.1, 0.15) is 5.69 Å². The third-order valence-corrected chi connectivity index (χ3v) is 4.84. The Hall–Kier alpha value is -3.68. The van der Waals surface area contributed by atoms with Gasteiger partial charge in [0, 0.05) is 42.5 Å². The maximum absolute atomic E-state index is 9.11. The molecule has 3 aromatic heterocycles. The van der Waals surface area contributed by atoms with Gasteiger partial charge >= 0.3 is 0 Å². The van der Waals surface area contributed by atoms with Crippen LogP contribution in [0.5, 0.6) is 0 Å². The van der Waals surface area contributed by atoms with E-state index in [9.17, 15) is 0 Å². The fourth-order valence-electron chi connectivity index (χ4n) is 3.60. The molecule has 1 aliphatic rings. The maximum atomic E-state index is 9.11. The highest BCUT2D eigenvalue weighted by molar-refractivity contribution is 6.04. The molecule has 0 radical (unpaired) electrons. The Morgan fingerprint density at radius 1 is 1.22 bits per heavy atom. The number of benzene rings is 1. The number of anilines is 2. The number of hydrogen-bond acceptors (Lipinski definition) is 6. The maximum Gasteiger partial charge on any atom is 0.158 e. The summed E-state index contributed by atoms with van der Waals surface area (Å²) in [5, 5.41) is 20.2. The number of rotatable bonds is 3. The summed E-state index contributed by atoms with van der Waals surface area (Å²) in [6, 6.07) is 6.05. The molecule has 8 heteroatoms. The highest BCUT2D eigenvalue weighted by atomic mass is 16.4. The molecule has 8 nitrogen and oxygen atoms in total. The number of fused-ring (bicyclic) bond motifs is 2. The monoisotopic (exact) mass is 359 g/mol. The number of aryl methyl sites for hydroxylation is 2. The second-order valence-corrected chi connectivity index (χ2v) is 6.56. The lowest BCUT2D eigenvalue weighted by Gasteiger charge is -2.08. The molecule has 3 heterocycles. The summed E-state index contributed by atoms with van der Waals surface area (Å²) in [5.74, 6) is 0.741. The second-order valence-electron chi connectivity index (χ2n) is 6.56. The van der Waals surface area contributed by atoms with Gasteiger partial charge in [-0.3, -0.25) is 14.1 Å². The minimum Gasteiger partial charge on any atom is -0.411 e. The van der Waals surface area contributed by atoms with E-state index in [-0.39, 0.29) is 0 Å². The lowest BCUT2D eigenvalue weighted by molar-refractivity contribution is 0.318. The van der Waals surface area contributed by atoms with Crippen LogP contribution in [-0.4, -0.2) is 35.1 Å². The highest BCUT2D eigenvalue weighted by Crippen LogP contribution is 2.32. The number of hydrogen-bond donors (Lipinski definition) is 2. The fraction of sp³-hybridized carbons (Fsp3) is 0.158. The predicted molar refractivity (Wildman–Crippen MR) is 102 cm³/mol. The van der Waals surface area contributed by atoms with E-state index in [0.29, 0.717) is 0 Å². The molecule has 1 aromatic carbocycles. The van der Waals surface area contributed by atoms with Gasteiger partial charge in [0.25, 0.3) is 0 Å². The van der Waals surface area contributed by atoms with Gasteiger partial charge in [0.2, 0.25) is 0 Å². The number of imidazole rings is 1. The first-order chi connectivity index (χ1) is 13.2. The minimum absolute atomic E-state index is 0.741. The summed E-state index contributed by atoms with van der Waals surface area (Å²) in [4.78, 5) is 8.88.